The van der Waals surface area contributed by atoms with Crippen molar-refractivity contribution in [2.45, 2.75) is 18.4 Å². The SMILES string of the molecule is FC(F)(F)c1ccc(-c2ccc(N(CC3CO3)CC3CO3)cc2)cc1. The van der Waals surface area contributed by atoms with Crippen molar-refractivity contribution in [1.29, 1.82) is 0 Å². The molecule has 0 N–H and O–H groups in total. The van der Waals surface area contributed by atoms with Crippen LogP contribution in [-0.2, 0) is 15.7 Å². The van der Waals surface area contributed by atoms with E-state index in [-0.39, 0.29) is 12.2 Å². The third kappa shape index (κ3) is 4.14. The summed E-state index contributed by atoms with van der Waals surface area (Å²) in [5, 5.41) is 0. The molecule has 2 atom stereocenters. The van der Waals surface area contributed by atoms with Crippen molar-refractivity contribution in [3.8, 4) is 11.1 Å². The molecule has 2 aromatic rings. The summed E-state index contributed by atoms with van der Waals surface area (Å²) in [4.78, 5) is 2.24. The Morgan fingerprint density at radius 2 is 1.24 bits per heavy atom. The van der Waals surface area contributed by atoms with E-state index in [0.29, 0.717) is 0 Å². The summed E-state index contributed by atoms with van der Waals surface area (Å²) >= 11 is 0. The zero-order valence-corrected chi connectivity index (χ0v) is 13.5. The number of nitrogens with zero attached hydrogens (tertiary/aromatic N) is 1. The van der Waals surface area contributed by atoms with E-state index < -0.39 is 11.7 Å². The molecule has 132 valence electrons. The van der Waals surface area contributed by atoms with E-state index in [2.05, 4.69) is 4.90 Å². The fourth-order valence-corrected chi connectivity index (χ4v) is 2.84. The summed E-state index contributed by atoms with van der Waals surface area (Å²) in [6.07, 6.45) is -3.74. The van der Waals surface area contributed by atoms with E-state index in [4.69, 9.17) is 9.47 Å². The van der Waals surface area contributed by atoms with E-state index in [0.717, 1.165) is 55.3 Å². The van der Waals surface area contributed by atoms with Crippen molar-refractivity contribution in [1.82, 2.24) is 0 Å². The normalized spacial score (nSPS) is 21.9. The lowest BCUT2D eigenvalue weighted by molar-refractivity contribution is -0.137. The van der Waals surface area contributed by atoms with Gasteiger partial charge in [-0.2, -0.15) is 13.2 Å². The molecule has 6 heteroatoms. The topological polar surface area (TPSA) is 28.3 Å². The standard InChI is InChI=1S/C19H18F3NO2/c20-19(21,22)15-5-1-13(2-6-15)14-3-7-16(8-4-14)23(9-17-11-24-17)10-18-12-25-18/h1-8,17-18H,9-12H2. The Morgan fingerprint density at radius 1 is 0.800 bits per heavy atom. The van der Waals surface area contributed by atoms with E-state index in [1.165, 1.54) is 12.1 Å². The minimum absolute atomic E-state index is 0.285. The first-order chi connectivity index (χ1) is 12.0. The molecule has 2 heterocycles. The van der Waals surface area contributed by atoms with Crippen LogP contribution in [-0.4, -0.2) is 38.5 Å². The number of alkyl halides is 3. The summed E-state index contributed by atoms with van der Waals surface area (Å²) < 4.78 is 48.6. The van der Waals surface area contributed by atoms with Crippen LogP contribution in [0, 0.1) is 0 Å². The highest BCUT2D eigenvalue weighted by Crippen LogP contribution is 2.31. The van der Waals surface area contributed by atoms with Gasteiger partial charge in [0.2, 0.25) is 0 Å². The molecule has 0 aliphatic carbocycles. The van der Waals surface area contributed by atoms with Gasteiger partial charge in [0.05, 0.1) is 31.0 Å². The van der Waals surface area contributed by atoms with Crippen LogP contribution in [0.15, 0.2) is 48.5 Å². The van der Waals surface area contributed by atoms with Gasteiger partial charge in [-0.15, -0.1) is 0 Å². The number of rotatable bonds is 6. The Hall–Kier alpha value is -2.05. The average molecular weight is 349 g/mol. The lowest BCUT2D eigenvalue weighted by Crippen LogP contribution is -2.31. The molecule has 0 spiro atoms. The molecule has 0 aromatic heterocycles. The predicted molar refractivity (Wildman–Crippen MR) is 88.6 cm³/mol. The highest BCUT2D eigenvalue weighted by atomic mass is 19.4. The summed E-state index contributed by atoms with van der Waals surface area (Å²) in [5.41, 5.74) is 2.10. The second-order valence-electron chi connectivity index (χ2n) is 6.44. The molecule has 2 fully saturated rings. The molecule has 2 saturated heterocycles. The molecule has 2 aliphatic heterocycles. The molecular weight excluding hydrogens is 331 g/mol. The number of anilines is 1. The van der Waals surface area contributed by atoms with Gasteiger partial charge in [0.25, 0.3) is 0 Å². The smallest absolute Gasteiger partial charge is 0.371 e. The lowest BCUT2D eigenvalue weighted by Gasteiger charge is -2.23. The molecule has 0 radical (unpaired) electrons. The van der Waals surface area contributed by atoms with Crippen LogP contribution < -0.4 is 4.90 Å². The van der Waals surface area contributed by atoms with Crippen molar-refractivity contribution in [2.75, 3.05) is 31.2 Å². The molecule has 0 amide bonds. The van der Waals surface area contributed by atoms with Gasteiger partial charge >= 0.3 is 6.18 Å². The van der Waals surface area contributed by atoms with Crippen molar-refractivity contribution in [2.24, 2.45) is 0 Å². The van der Waals surface area contributed by atoms with Crippen molar-refractivity contribution < 1.29 is 22.6 Å². The molecule has 0 bridgehead atoms. The van der Waals surface area contributed by atoms with Gasteiger partial charge in [-0.05, 0) is 35.4 Å². The maximum atomic E-state index is 12.7. The Morgan fingerprint density at radius 3 is 1.64 bits per heavy atom. The molecule has 2 unspecified atom stereocenters. The summed E-state index contributed by atoms with van der Waals surface area (Å²) in [6.45, 7) is 3.26. The van der Waals surface area contributed by atoms with Gasteiger partial charge in [0.1, 0.15) is 0 Å². The first kappa shape index (κ1) is 16.4. The minimum atomic E-state index is -4.31. The minimum Gasteiger partial charge on any atom is -0.371 e. The van der Waals surface area contributed by atoms with Crippen molar-refractivity contribution in [3.05, 3.63) is 54.1 Å². The molecule has 2 aliphatic rings. The Labute approximate surface area is 144 Å². The monoisotopic (exact) mass is 349 g/mol. The number of halogens is 3. The van der Waals surface area contributed by atoms with E-state index in [1.807, 2.05) is 24.3 Å². The summed E-state index contributed by atoms with van der Waals surface area (Å²) in [5.74, 6) is 0. The zero-order chi connectivity index (χ0) is 17.4. The van der Waals surface area contributed by atoms with Crippen molar-refractivity contribution >= 4 is 5.69 Å². The number of epoxide rings is 2. The fraction of sp³-hybridized carbons (Fsp3) is 0.368. The van der Waals surface area contributed by atoms with Gasteiger partial charge in [-0.3, -0.25) is 0 Å². The van der Waals surface area contributed by atoms with Gasteiger partial charge in [-0.1, -0.05) is 24.3 Å². The van der Waals surface area contributed by atoms with Crippen LogP contribution in [0.4, 0.5) is 18.9 Å². The van der Waals surface area contributed by atoms with Gasteiger partial charge in [0, 0.05) is 18.8 Å². The number of hydrogen-bond acceptors (Lipinski definition) is 3. The molecule has 4 rings (SSSR count). The Balaban J connectivity index is 1.50. The molecule has 0 saturated carbocycles. The molecule has 3 nitrogen and oxygen atoms in total. The highest BCUT2D eigenvalue weighted by Gasteiger charge is 2.31. The fourth-order valence-electron chi connectivity index (χ4n) is 2.84. The second-order valence-corrected chi connectivity index (χ2v) is 6.44. The van der Waals surface area contributed by atoms with Gasteiger partial charge < -0.3 is 14.4 Å². The zero-order valence-electron chi connectivity index (χ0n) is 13.5. The van der Waals surface area contributed by atoms with Gasteiger partial charge in [-0.25, -0.2) is 0 Å². The van der Waals surface area contributed by atoms with E-state index >= 15 is 0 Å². The third-order valence-electron chi connectivity index (χ3n) is 4.43. The second kappa shape index (κ2) is 6.35. The number of benzene rings is 2. The quantitative estimate of drug-likeness (QED) is 0.739. The Kier molecular flexibility index (Phi) is 4.17. The maximum absolute atomic E-state index is 12.7. The third-order valence-corrected chi connectivity index (χ3v) is 4.43. The lowest BCUT2D eigenvalue weighted by atomic mass is 10.0. The summed E-state index contributed by atoms with van der Waals surface area (Å²) in [7, 11) is 0. The first-order valence-electron chi connectivity index (χ1n) is 8.25. The highest BCUT2D eigenvalue weighted by molar-refractivity contribution is 5.66. The van der Waals surface area contributed by atoms with E-state index in [1.54, 1.807) is 0 Å². The van der Waals surface area contributed by atoms with E-state index in [9.17, 15) is 13.2 Å². The van der Waals surface area contributed by atoms with Crippen LogP contribution in [0.2, 0.25) is 0 Å². The van der Waals surface area contributed by atoms with Crippen LogP contribution >= 0.6 is 0 Å². The number of hydrogen-bond donors (Lipinski definition) is 0. The molecule has 2 aromatic carbocycles. The summed E-state index contributed by atoms with van der Waals surface area (Å²) in [6, 6.07) is 13.1. The molecular formula is C19H18F3NO2. The Bertz CT molecular complexity index is 706. The van der Waals surface area contributed by atoms with Crippen LogP contribution in [0.25, 0.3) is 11.1 Å². The van der Waals surface area contributed by atoms with Crippen LogP contribution in [0.5, 0.6) is 0 Å². The van der Waals surface area contributed by atoms with Gasteiger partial charge in [0.15, 0.2) is 0 Å². The van der Waals surface area contributed by atoms with Crippen LogP contribution in [0.3, 0.4) is 0 Å². The average Bonchev–Trinajstić information content (AvgIpc) is 3.50. The number of ether oxygens (including phenoxy) is 2. The molecule has 25 heavy (non-hydrogen) atoms. The predicted octanol–water partition coefficient (Wildman–Crippen LogP) is 3.98. The van der Waals surface area contributed by atoms with Crippen LogP contribution in [0.1, 0.15) is 5.56 Å². The van der Waals surface area contributed by atoms with Crippen molar-refractivity contribution in [3.63, 3.8) is 0 Å². The maximum Gasteiger partial charge on any atom is 0.416 e. The largest absolute Gasteiger partial charge is 0.416 e. The first-order valence-corrected chi connectivity index (χ1v) is 8.25.